The first-order chi connectivity index (χ1) is 7.38. The van der Waals surface area contributed by atoms with Gasteiger partial charge in [-0.25, -0.2) is 0 Å². The highest BCUT2D eigenvalue weighted by Crippen LogP contribution is 2.54. The van der Waals surface area contributed by atoms with Gasteiger partial charge in [0.05, 0.1) is 0 Å². The minimum absolute atomic E-state index is 0.650. The van der Waals surface area contributed by atoms with Crippen molar-refractivity contribution >= 4 is 0 Å². The number of piperidine rings is 3. The first kappa shape index (κ1) is 9.00. The normalized spacial score (nSPS) is 46.8. The van der Waals surface area contributed by atoms with Crippen molar-refractivity contribution in [1.82, 2.24) is 10.2 Å². The van der Waals surface area contributed by atoms with Crippen molar-refractivity contribution in [1.29, 1.82) is 0 Å². The quantitative estimate of drug-likeness (QED) is 0.740. The smallest absolute Gasteiger partial charge is 0.0366 e. The lowest BCUT2D eigenvalue weighted by molar-refractivity contribution is -0.0112. The third-order valence-corrected chi connectivity index (χ3v) is 5.50. The van der Waals surface area contributed by atoms with E-state index in [1.54, 1.807) is 0 Å². The average molecular weight is 206 g/mol. The van der Waals surface area contributed by atoms with Gasteiger partial charge >= 0.3 is 0 Å². The lowest BCUT2D eigenvalue weighted by atomic mass is 9.75. The summed E-state index contributed by atoms with van der Waals surface area (Å²) in [6, 6.07) is 1.75. The molecule has 0 aromatic carbocycles. The summed E-state index contributed by atoms with van der Waals surface area (Å²) >= 11 is 0. The molecule has 5 fully saturated rings. The van der Waals surface area contributed by atoms with Crippen LogP contribution in [0, 0.1) is 5.92 Å². The molecule has 2 heteroatoms. The molecule has 0 radical (unpaired) electrons. The maximum absolute atomic E-state index is 4.00. The Morgan fingerprint density at radius 1 is 1.00 bits per heavy atom. The molecule has 2 nitrogen and oxygen atoms in total. The minimum atomic E-state index is 0.650. The van der Waals surface area contributed by atoms with Crippen molar-refractivity contribution in [2.24, 2.45) is 5.92 Å². The van der Waals surface area contributed by atoms with E-state index in [0.717, 1.165) is 18.0 Å². The number of hydrogen-bond acceptors (Lipinski definition) is 2. The van der Waals surface area contributed by atoms with Gasteiger partial charge in [-0.3, -0.25) is 4.90 Å². The second-order valence-corrected chi connectivity index (χ2v) is 6.20. The van der Waals surface area contributed by atoms with Crippen molar-refractivity contribution in [3.8, 4) is 0 Å². The van der Waals surface area contributed by atoms with Crippen LogP contribution in [0.25, 0.3) is 0 Å². The highest BCUT2D eigenvalue weighted by molar-refractivity contribution is 5.18. The molecule has 1 spiro atoms. The zero-order valence-corrected chi connectivity index (χ0v) is 9.54. The Morgan fingerprint density at radius 3 is 2.27 bits per heavy atom. The van der Waals surface area contributed by atoms with Crippen molar-refractivity contribution < 1.29 is 0 Å². The van der Waals surface area contributed by atoms with Gasteiger partial charge in [-0.1, -0.05) is 6.42 Å². The Bertz CT molecular complexity index is 260. The van der Waals surface area contributed by atoms with Crippen LogP contribution < -0.4 is 5.32 Å². The molecule has 0 aromatic rings. The van der Waals surface area contributed by atoms with Gasteiger partial charge in [0, 0.05) is 17.6 Å². The zero-order valence-electron chi connectivity index (χ0n) is 9.54. The van der Waals surface area contributed by atoms with Gasteiger partial charge in [0.1, 0.15) is 0 Å². The Labute approximate surface area is 92.4 Å². The second-order valence-electron chi connectivity index (χ2n) is 6.20. The van der Waals surface area contributed by atoms with Gasteiger partial charge < -0.3 is 5.32 Å². The SMILES string of the molecule is C1CC(NC2C3CCN(CC3)C23CC3)C1. The molecule has 3 saturated heterocycles. The molecule has 1 unspecified atom stereocenters. The monoisotopic (exact) mass is 206 g/mol. The molecule has 3 heterocycles. The molecule has 3 aliphatic heterocycles. The van der Waals surface area contributed by atoms with Crippen LogP contribution in [0.1, 0.15) is 44.9 Å². The number of hydrogen-bond donors (Lipinski definition) is 1. The van der Waals surface area contributed by atoms with Crippen LogP contribution in [-0.2, 0) is 0 Å². The summed E-state index contributed by atoms with van der Waals surface area (Å²) in [6.45, 7) is 2.79. The maximum atomic E-state index is 4.00. The van der Waals surface area contributed by atoms with E-state index in [0.29, 0.717) is 5.54 Å². The zero-order chi connectivity index (χ0) is 9.88. The molecule has 1 atom stereocenters. The van der Waals surface area contributed by atoms with Crippen LogP contribution in [0.5, 0.6) is 0 Å². The van der Waals surface area contributed by atoms with Crippen LogP contribution in [0.4, 0.5) is 0 Å². The van der Waals surface area contributed by atoms with E-state index in [2.05, 4.69) is 10.2 Å². The Hall–Kier alpha value is -0.0800. The standard InChI is InChI=1S/C13H22N2/c1-2-11(3-1)14-12-10-4-8-15(9-5-10)13(12)6-7-13/h10-12,14H,1-9H2. The van der Waals surface area contributed by atoms with Crippen molar-refractivity contribution in [2.75, 3.05) is 13.1 Å². The van der Waals surface area contributed by atoms with Gasteiger partial charge in [0.2, 0.25) is 0 Å². The maximum Gasteiger partial charge on any atom is 0.0366 e. The highest BCUT2D eigenvalue weighted by atomic mass is 15.3. The van der Waals surface area contributed by atoms with Crippen LogP contribution in [0.3, 0.4) is 0 Å². The molecule has 0 amide bonds. The molecule has 2 saturated carbocycles. The van der Waals surface area contributed by atoms with Crippen molar-refractivity contribution in [2.45, 2.75) is 62.6 Å². The van der Waals surface area contributed by atoms with Crippen LogP contribution in [-0.4, -0.2) is 35.6 Å². The molecule has 5 rings (SSSR count). The molecule has 15 heavy (non-hydrogen) atoms. The van der Waals surface area contributed by atoms with Gasteiger partial charge in [-0.15, -0.1) is 0 Å². The molecule has 2 aliphatic carbocycles. The van der Waals surface area contributed by atoms with E-state index in [9.17, 15) is 0 Å². The van der Waals surface area contributed by atoms with E-state index in [4.69, 9.17) is 0 Å². The molecular weight excluding hydrogens is 184 g/mol. The van der Waals surface area contributed by atoms with Gasteiger partial charge in [0.25, 0.3) is 0 Å². The average Bonchev–Trinajstić information content (AvgIpc) is 2.97. The van der Waals surface area contributed by atoms with Crippen LogP contribution >= 0.6 is 0 Å². The topological polar surface area (TPSA) is 15.3 Å². The summed E-state index contributed by atoms with van der Waals surface area (Å²) in [6.07, 6.45) is 10.2. The summed E-state index contributed by atoms with van der Waals surface area (Å²) < 4.78 is 0. The second kappa shape index (κ2) is 2.98. The number of nitrogens with zero attached hydrogens (tertiary/aromatic N) is 1. The minimum Gasteiger partial charge on any atom is -0.309 e. The molecule has 2 bridgehead atoms. The summed E-state index contributed by atoms with van der Waals surface area (Å²) in [5.41, 5.74) is 0.650. The summed E-state index contributed by atoms with van der Waals surface area (Å²) in [5, 5.41) is 4.00. The molecular formula is C13H22N2. The predicted molar refractivity (Wildman–Crippen MR) is 60.8 cm³/mol. The summed E-state index contributed by atoms with van der Waals surface area (Å²) in [4.78, 5) is 2.81. The van der Waals surface area contributed by atoms with E-state index >= 15 is 0 Å². The fourth-order valence-electron chi connectivity index (χ4n) is 4.19. The third kappa shape index (κ3) is 1.18. The largest absolute Gasteiger partial charge is 0.309 e. The lowest BCUT2D eigenvalue weighted by Gasteiger charge is -2.54. The van der Waals surface area contributed by atoms with E-state index < -0.39 is 0 Å². The van der Waals surface area contributed by atoms with Gasteiger partial charge in [-0.2, -0.15) is 0 Å². The van der Waals surface area contributed by atoms with Crippen LogP contribution in [0.2, 0.25) is 0 Å². The van der Waals surface area contributed by atoms with Crippen molar-refractivity contribution in [3.63, 3.8) is 0 Å². The first-order valence-corrected chi connectivity index (χ1v) is 6.90. The molecule has 5 aliphatic rings. The predicted octanol–water partition coefficient (Wildman–Crippen LogP) is 1.76. The number of rotatable bonds is 2. The molecule has 0 aromatic heterocycles. The fraction of sp³-hybridized carbons (Fsp3) is 1.00. The highest BCUT2D eigenvalue weighted by Gasteiger charge is 2.60. The summed E-state index contributed by atoms with van der Waals surface area (Å²) in [7, 11) is 0. The van der Waals surface area contributed by atoms with E-state index in [1.165, 1.54) is 58.0 Å². The van der Waals surface area contributed by atoms with E-state index in [-0.39, 0.29) is 0 Å². The third-order valence-electron chi connectivity index (χ3n) is 5.50. The fourth-order valence-corrected chi connectivity index (χ4v) is 4.19. The van der Waals surface area contributed by atoms with Gasteiger partial charge in [0.15, 0.2) is 0 Å². The summed E-state index contributed by atoms with van der Waals surface area (Å²) in [5.74, 6) is 1.01. The van der Waals surface area contributed by atoms with E-state index in [1.807, 2.05) is 0 Å². The van der Waals surface area contributed by atoms with Crippen LogP contribution in [0.15, 0.2) is 0 Å². The number of nitrogens with one attached hydrogen (secondary N) is 1. The first-order valence-electron chi connectivity index (χ1n) is 6.90. The molecule has 84 valence electrons. The Balaban J connectivity index is 1.55. The molecule has 1 N–H and O–H groups in total. The Kier molecular flexibility index (Phi) is 1.79. The Morgan fingerprint density at radius 2 is 1.73 bits per heavy atom. The lowest BCUT2D eigenvalue weighted by Crippen LogP contribution is -2.66. The number of fused-ring (bicyclic) bond motifs is 2. The van der Waals surface area contributed by atoms with Crippen molar-refractivity contribution in [3.05, 3.63) is 0 Å². The van der Waals surface area contributed by atoms with Gasteiger partial charge in [-0.05, 0) is 57.5 Å².